The fourth-order valence-corrected chi connectivity index (χ4v) is 2.68. The lowest BCUT2D eigenvalue weighted by atomic mass is 9.84. The third kappa shape index (κ3) is 2.27. The lowest BCUT2D eigenvalue weighted by Crippen LogP contribution is -2.58. The van der Waals surface area contributed by atoms with Gasteiger partial charge in [-0.1, -0.05) is 0 Å². The first-order valence-corrected chi connectivity index (χ1v) is 5.77. The fourth-order valence-electron chi connectivity index (χ4n) is 2.68. The highest BCUT2D eigenvalue weighted by atomic mass is 16.5. The standard InChI is InChI=1S/C11H22N2O/c1-8-5-11(7-12,6-9(2)14-8)13-10-3-4-10/h8-10,13H,3-7,12H2,1-2H3. The third-order valence-electron chi connectivity index (χ3n) is 3.30. The Labute approximate surface area is 86.4 Å². The lowest BCUT2D eigenvalue weighted by molar-refractivity contribution is -0.0674. The molecule has 1 saturated heterocycles. The van der Waals surface area contributed by atoms with E-state index < -0.39 is 0 Å². The summed E-state index contributed by atoms with van der Waals surface area (Å²) in [4.78, 5) is 0. The van der Waals surface area contributed by atoms with Crippen molar-refractivity contribution in [1.29, 1.82) is 0 Å². The molecule has 1 aliphatic heterocycles. The first kappa shape index (κ1) is 10.4. The van der Waals surface area contributed by atoms with Crippen molar-refractivity contribution >= 4 is 0 Å². The summed E-state index contributed by atoms with van der Waals surface area (Å²) in [6.07, 6.45) is 5.45. The van der Waals surface area contributed by atoms with Crippen molar-refractivity contribution in [2.24, 2.45) is 5.73 Å². The van der Waals surface area contributed by atoms with Crippen LogP contribution in [0.25, 0.3) is 0 Å². The van der Waals surface area contributed by atoms with E-state index in [-0.39, 0.29) is 5.54 Å². The molecule has 3 nitrogen and oxygen atoms in total. The van der Waals surface area contributed by atoms with E-state index in [1.54, 1.807) is 0 Å². The van der Waals surface area contributed by atoms with Crippen LogP contribution in [0.2, 0.25) is 0 Å². The summed E-state index contributed by atoms with van der Waals surface area (Å²) < 4.78 is 5.75. The highest BCUT2D eigenvalue weighted by Crippen LogP contribution is 2.32. The van der Waals surface area contributed by atoms with Crippen LogP contribution in [0.3, 0.4) is 0 Å². The smallest absolute Gasteiger partial charge is 0.0568 e. The van der Waals surface area contributed by atoms with Crippen LogP contribution < -0.4 is 11.1 Å². The van der Waals surface area contributed by atoms with Gasteiger partial charge < -0.3 is 15.8 Å². The molecule has 0 bridgehead atoms. The molecule has 2 aliphatic rings. The molecule has 0 spiro atoms. The highest BCUT2D eigenvalue weighted by Gasteiger charge is 2.40. The number of nitrogens with two attached hydrogens (primary N) is 1. The van der Waals surface area contributed by atoms with Gasteiger partial charge in [-0.15, -0.1) is 0 Å². The van der Waals surface area contributed by atoms with Crippen LogP contribution >= 0.6 is 0 Å². The van der Waals surface area contributed by atoms with Crippen LogP contribution in [0.1, 0.15) is 39.5 Å². The van der Waals surface area contributed by atoms with E-state index in [1.807, 2.05) is 0 Å². The minimum atomic E-state index is 0.151. The summed E-state index contributed by atoms with van der Waals surface area (Å²) in [5.41, 5.74) is 6.07. The zero-order valence-corrected chi connectivity index (χ0v) is 9.25. The maximum atomic E-state index is 5.92. The van der Waals surface area contributed by atoms with E-state index in [0.29, 0.717) is 12.2 Å². The number of hydrogen-bond acceptors (Lipinski definition) is 3. The summed E-state index contributed by atoms with van der Waals surface area (Å²) in [7, 11) is 0. The van der Waals surface area contributed by atoms with Gasteiger partial charge in [-0.3, -0.25) is 0 Å². The predicted molar refractivity (Wildman–Crippen MR) is 57.2 cm³/mol. The van der Waals surface area contributed by atoms with Crippen LogP contribution in [-0.2, 0) is 4.74 Å². The zero-order valence-electron chi connectivity index (χ0n) is 9.25. The molecule has 1 heterocycles. The van der Waals surface area contributed by atoms with Crippen molar-refractivity contribution in [1.82, 2.24) is 5.32 Å². The third-order valence-corrected chi connectivity index (χ3v) is 3.30. The molecule has 2 unspecified atom stereocenters. The molecule has 3 N–H and O–H groups in total. The Kier molecular flexibility index (Phi) is 2.82. The van der Waals surface area contributed by atoms with Crippen LogP contribution in [0.15, 0.2) is 0 Å². The van der Waals surface area contributed by atoms with Gasteiger partial charge in [0, 0.05) is 18.1 Å². The molecule has 3 heteroatoms. The van der Waals surface area contributed by atoms with Crippen molar-refractivity contribution < 1.29 is 4.74 Å². The van der Waals surface area contributed by atoms with Crippen molar-refractivity contribution in [2.75, 3.05) is 6.54 Å². The van der Waals surface area contributed by atoms with E-state index in [0.717, 1.165) is 25.4 Å². The largest absolute Gasteiger partial charge is 0.375 e. The van der Waals surface area contributed by atoms with Crippen LogP contribution in [0.5, 0.6) is 0 Å². The lowest BCUT2D eigenvalue weighted by Gasteiger charge is -2.43. The number of nitrogens with one attached hydrogen (secondary N) is 1. The minimum absolute atomic E-state index is 0.151. The monoisotopic (exact) mass is 198 g/mol. The van der Waals surface area contributed by atoms with Crippen LogP contribution in [-0.4, -0.2) is 30.3 Å². The summed E-state index contributed by atoms with van der Waals surface area (Å²) in [6.45, 7) is 5.03. The summed E-state index contributed by atoms with van der Waals surface area (Å²) >= 11 is 0. The van der Waals surface area contributed by atoms with Gasteiger partial charge in [0.1, 0.15) is 0 Å². The van der Waals surface area contributed by atoms with E-state index in [4.69, 9.17) is 10.5 Å². The van der Waals surface area contributed by atoms with Crippen LogP contribution in [0, 0.1) is 0 Å². The molecule has 0 aromatic heterocycles. The van der Waals surface area contributed by atoms with E-state index >= 15 is 0 Å². The number of hydrogen-bond donors (Lipinski definition) is 2. The van der Waals surface area contributed by atoms with E-state index in [9.17, 15) is 0 Å². The first-order chi connectivity index (χ1) is 6.63. The summed E-state index contributed by atoms with van der Waals surface area (Å²) in [5.74, 6) is 0. The Morgan fingerprint density at radius 2 is 1.86 bits per heavy atom. The van der Waals surface area contributed by atoms with Crippen LogP contribution in [0.4, 0.5) is 0 Å². The Morgan fingerprint density at radius 1 is 1.29 bits per heavy atom. The SMILES string of the molecule is CC1CC(CN)(NC2CC2)CC(C)O1. The van der Waals surface area contributed by atoms with Gasteiger partial charge in [0.15, 0.2) is 0 Å². The quantitative estimate of drug-likeness (QED) is 0.712. The van der Waals surface area contributed by atoms with Crippen molar-refractivity contribution in [3.05, 3.63) is 0 Å². The Bertz CT molecular complexity index is 188. The maximum absolute atomic E-state index is 5.92. The van der Waals surface area contributed by atoms with Gasteiger partial charge in [-0.05, 0) is 39.5 Å². The van der Waals surface area contributed by atoms with Crippen molar-refractivity contribution in [3.63, 3.8) is 0 Å². The molecule has 0 aromatic rings. The van der Waals surface area contributed by atoms with Gasteiger partial charge in [0.05, 0.1) is 12.2 Å². The second-order valence-corrected chi connectivity index (χ2v) is 5.07. The molecule has 2 atom stereocenters. The average Bonchev–Trinajstić information content (AvgIpc) is 2.86. The normalized spacial score (nSPS) is 43.9. The fraction of sp³-hybridized carbons (Fsp3) is 1.00. The van der Waals surface area contributed by atoms with Crippen molar-refractivity contribution in [3.8, 4) is 0 Å². The Morgan fingerprint density at radius 3 is 2.29 bits per heavy atom. The summed E-state index contributed by atoms with van der Waals surface area (Å²) in [5, 5.41) is 3.71. The first-order valence-electron chi connectivity index (χ1n) is 5.77. The molecular weight excluding hydrogens is 176 g/mol. The number of rotatable bonds is 3. The molecule has 0 radical (unpaired) electrons. The number of ether oxygens (including phenoxy) is 1. The van der Waals surface area contributed by atoms with Gasteiger partial charge >= 0.3 is 0 Å². The zero-order chi connectivity index (χ0) is 10.2. The van der Waals surface area contributed by atoms with Gasteiger partial charge in [0.2, 0.25) is 0 Å². The van der Waals surface area contributed by atoms with Gasteiger partial charge in [0.25, 0.3) is 0 Å². The average molecular weight is 198 g/mol. The predicted octanol–water partition coefficient (Wildman–Crippen LogP) is 1.02. The minimum Gasteiger partial charge on any atom is -0.375 e. The van der Waals surface area contributed by atoms with Gasteiger partial charge in [-0.2, -0.15) is 0 Å². The molecular formula is C11H22N2O. The topological polar surface area (TPSA) is 47.3 Å². The second-order valence-electron chi connectivity index (χ2n) is 5.07. The molecule has 1 aliphatic carbocycles. The highest BCUT2D eigenvalue weighted by molar-refractivity contribution is 5.00. The van der Waals surface area contributed by atoms with Gasteiger partial charge in [-0.25, -0.2) is 0 Å². The maximum Gasteiger partial charge on any atom is 0.0568 e. The molecule has 1 saturated carbocycles. The van der Waals surface area contributed by atoms with E-state index in [2.05, 4.69) is 19.2 Å². The van der Waals surface area contributed by atoms with E-state index in [1.165, 1.54) is 12.8 Å². The Balaban J connectivity index is 2.00. The molecule has 0 aromatic carbocycles. The molecule has 14 heavy (non-hydrogen) atoms. The van der Waals surface area contributed by atoms with Crippen molar-refractivity contribution in [2.45, 2.75) is 63.3 Å². The second kappa shape index (κ2) is 3.80. The molecule has 2 rings (SSSR count). The molecule has 0 amide bonds. The Hall–Kier alpha value is -0.120. The molecule has 2 fully saturated rings. The molecule has 82 valence electrons. The summed E-state index contributed by atoms with van der Waals surface area (Å²) in [6, 6.07) is 0.732.